The number of furan rings is 1. The quantitative estimate of drug-likeness (QED) is 0.780. The molecule has 27 heavy (non-hydrogen) atoms. The average molecular weight is 435 g/mol. The number of hydrogen-bond acceptors (Lipinski definition) is 4. The smallest absolute Gasteiger partial charge is 0.287 e. The molecule has 6 heteroatoms. The highest BCUT2D eigenvalue weighted by atomic mass is 79.9. The lowest BCUT2D eigenvalue weighted by molar-refractivity contribution is -0.0362. The number of aryl methyl sites for hydroxylation is 1. The lowest BCUT2D eigenvalue weighted by atomic mass is 9.79. The molecule has 1 aromatic heterocycles. The van der Waals surface area contributed by atoms with Crippen LogP contribution in [0.3, 0.4) is 0 Å². The molecule has 2 aliphatic rings. The minimum Gasteiger partial charge on any atom is -0.451 e. The molecule has 1 amide bonds. The SMILES string of the molecule is Cc1c(C(=O)NCC2(N3CCOCC3)CCCCC2)oc2ccc(Br)cc12. The molecule has 4 rings (SSSR count). The van der Waals surface area contributed by atoms with Gasteiger partial charge in [0, 0.05) is 40.6 Å². The number of morpholine rings is 1. The highest BCUT2D eigenvalue weighted by Gasteiger charge is 2.39. The molecule has 0 unspecified atom stereocenters. The molecule has 1 aliphatic heterocycles. The van der Waals surface area contributed by atoms with Crippen molar-refractivity contribution in [3.05, 3.63) is 34.0 Å². The zero-order chi connectivity index (χ0) is 18.9. The van der Waals surface area contributed by atoms with Crippen molar-refractivity contribution >= 4 is 32.8 Å². The van der Waals surface area contributed by atoms with E-state index in [1.165, 1.54) is 19.3 Å². The predicted molar refractivity (Wildman–Crippen MR) is 109 cm³/mol. The minimum atomic E-state index is -0.113. The van der Waals surface area contributed by atoms with E-state index < -0.39 is 0 Å². The van der Waals surface area contributed by atoms with Crippen molar-refractivity contribution in [2.75, 3.05) is 32.8 Å². The number of nitrogens with zero attached hydrogens (tertiary/aromatic N) is 1. The van der Waals surface area contributed by atoms with Crippen molar-refractivity contribution in [3.8, 4) is 0 Å². The summed E-state index contributed by atoms with van der Waals surface area (Å²) in [5.74, 6) is 0.314. The van der Waals surface area contributed by atoms with E-state index in [2.05, 4.69) is 26.1 Å². The molecule has 2 heterocycles. The molecule has 0 spiro atoms. The van der Waals surface area contributed by atoms with E-state index >= 15 is 0 Å². The van der Waals surface area contributed by atoms with Gasteiger partial charge >= 0.3 is 0 Å². The maximum atomic E-state index is 12.9. The summed E-state index contributed by atoms with van der Waals surface area (Å²) in [6, 6.07) is 5.84. The summed E-state index contributed by atoms with van der Waals surface area (Å²) in [4.78, 5) is 15.5. The summed E-state index contributed by atoms with van der Waals surface area (Å²) < 4.78 is 12.4. The van der Waals surface area contributed by atoms with E-state index in [4.69, 9.17) is 9.15 Å². The molecule has 2 aromatic rings. The van der Waals surface area contributed by atoms with Crippen LogP contribution in [0.5, 0.6) is 0 Å². The number of benzene rings is 1. The van der Waals surface area contributed by atoms with Gasteiger partial charge in [-0.3, -0.25) is 9.69 Å². The molecule has 1 aromatic carbocycles. The summed E-state index contributed by atoms with van der Waals surface area (Å²) in [7, 11) is 0. The largest absolute Gasteiger partial charge is 0.451 e. The number of fused-ring (bicyclic) bond motifs is 1. The Morgan fingerprint density at radius 1 is 1.22 bits per heavy atom. The Hall–Kier alpha value is -1.37. The highest BCUT2D eigenvalue weighted by molar-refractivity contribution is 9.10. The zero-order valence-electron chi connectivity index (χ0n) is 15.9. The lowest BCUT2D eigenvalue weighted by Crippen LogP contribution is -2.59. The Morgan fingerprint density at radius 3 is 2.70 bits per heavy atom. The van der Waals surface area contributed by atoms with E-state index in [9.17, 15) is 4.79 Å². The summed E-state index contributed by atoms with van der Waals surface area (Å²) in [5, 5.41) is 4.18. The van der Waals surface area contributed by atoms with Crippen LogP contribution in [0.4, 0.5) is 0 Å². The molecule has 1 saturated carbocycles. The van der Waals surface area contributed by atoms with E-state index in [1.807, 2.05) is 25.1 Å². The maximum Gasteiger partial charge on any atom is 0.287 e. The maximum absolute atomic E-state index is 12.9. The molecule has 0 radical (unpaired) electrons. The molecular weight excluding hydrogens is 408 g/mol. The summed E-state index contributed by atoms with van der Waals surface area (Å²) in [5.41, 5.74) is 1.70. The van der Waals surface area contributed by atoms with Crippen LogP contribution in [-0.4, -0.2) is 49.2 Å². The van der Waals surface area contributed by atoms with Gasteiger partial charge in [0.15, 0.2) is 5.76 Å². The van der Waals surface area contributed by atoms with Gasteiger partial charge in [-0.25, -0.2) is 0 Å². The van der Waals surface area contributed by atoms with Crippen molar-refractivity contribution in [1.29, 1.82) is 0 Å². The number of ether oxygens (including phenoxy) is 1. The number of rotatable bonds is 4. The second-order valence-electron chi connectivity index (χ2n) is 7.76. The number of halogens is 1. The van der Waals surface area contributed by atoms with Gasteiger partial charge in [0.1, 0.15) is 5.58 Å². The van der Waals surface area contributed by atoms with Crippen LogP contribution >= 0.6 is 15.9 Å². The first-order valence-electron chi connectivity index (χ1n) is 9.89. The normalized spacial score (nSPS) is 20.7. The second-order valence-corrected chi connectivity index (χ2v) is 8.68. The molecular formula is C21H27BrN2O3. The van der Waals surface area contributed by atoms with Crippen molar-refractivity contribution in [3.63, 3.8) is 0 Å². The average Bonchev–Trinajstić information content (AvgIpc) is 3.04. The lowest BCUT2D eigenvalue weighted by Gasteiger charge is -2.48. The van der Waals surface area contributed by atoms with Gasteiger partial charge < -0.3 is 14.5 Å². The molecule has 0 bridgehead atoms. The second kappa shape index (κ2) is 7.94. The first-order chi connectivity index (χ1) is 13.1. The highest BCUT2D eigenvalue weighted by Crippen LogP contribution is 2.34. The Morgan fingerprint density at radius 2 is 1.96 bits per heavy atom. The third-order valence-corrected chi connectivity index (χ3v) is 6.64. The van der Waals surface area contributed by atoms with Gasteiger partial charge in [-0.05, 0) is 38.0 Å². The number of carbonyl (C=O) groups excluding carboxylic acids is 1. The van der Waals surface area contributed by atoms with Crippen LogP contribution in [-0.2, 0) is 4.74 Å². The number of nitrogens with one attached hydrogen (secondary N) is 1. The summed E-state index contributed by atoms with van der Waals surface area (Å²) in [6.07, 6.45) is 6.02. The van der Waals surface area contributed by atoms with Gasteiger partial charge in [-0.1, -0.05) is 35.2 Å². The van der Waals surface area contributed by atoms with Crippen LogP contribution in [0, 0.1) is 6.92 Å². The number of amides is 1. The van der Waals surface area contributed by atoms with Crippen LogP contribution in [0.25, 0.3) is 11.0 Å². The molecule has 0 atom stereocenters. The molecule has 1 N–H and O–H groups in total. The van der Waals surface area contributed by atoms with Crippen molar-refractivity contribution < 1.29 is 13.9 Å². The number of hydrogen-bond donors (Lipinski definition) is 1. The molecule has 5 nitrogen and oxygen atoms in total. The van der Waals surface area contributed by atoms with E-state index in [1.54, 1.807) is 0 Å². The standard InChI is InChI=1S/C21H27BrN2O3/c1-15-17-13-16(22)5-6-18(17)27-19(15)20(25)23-14-21(7-3-2-4-8-21)24-9-11-26-12-10-24/h5-6,13H,2-4,7-12,14H2,1H3,(H,23,25). The van der Waals surface area contributed by atoms with Crippen LogP contribution < -0.4 is 5.32 Å². The fraction of sp³-hybridized carbons (Fsp3) is 0.571. The Kier molecular flexibility index (Phi) is 5.58. The van der Waals surface area contributed by atoms with E-state index in [-0.39, 0.29) is 11.4 Å². The Labute approximate surface area is 168 Å². The monoisotopic (exact) mass is 434 g/mol. The van der Waals surface area contributed by atoms with Crippen LogP contribution in [0.15, 0.2) is 27.1 Å². The van der Waals surface area contributed by atoms with Crippen LogP contribution in [0.1, 0.15) is 48.2 Å². The molecule has 1 aliphatic carbocycles. The number of carbonyl (C=O) groups is 1. The predicted octanol–water partition coefficient (Wildman–Crippen LogP) is 4.27. The van der Waals surface area contributed by atoms with Crippen LogP contribution in [0.2, 0.25) is 0 Å². The minimum absolute atomic E-state index is 0.0562. The fourth-order valence-electron chi connectivity index (χ4n) is 4.59. The molecule has 146 valence electrons. The molecule has 2 fully saturated rings. The van der Waals surface area contributed by atoms with Gasteiger partial charge in [-0.15, -0.1) is 0 Å². The fourth-order valence-corrected chi connectivity index (χ4v) is 4.95. The van der Waals surface area contributed by atoms with Gasteiger partial charge in [0.25, 0.3) is 5.91 Å². The van der Waals surface area contributed by atoms with E-state index in [0.29, 0.717) is 12.3 Å². The first kappa shape index (κ1) is 19.0. The van der Waals surface area contributed by atoms with Gasteiger partial charge in [0.05, 0.1) is 13.2 Å². The van der Waals surface area contributed by atoms with Crippen molar-refractivity contribution in [2.45, 2.75) is 44.6 Å². The van der Waals surface area contributed by atoms with Crippen molar-refractivity contribution in [2.24, 2.45) is 0 Å². The van der Waals surface area contributed by atoms with E-state index in [0.717, 1.165) is 60.2 Å². The van der Waals surface area contributed by atoms with Gasteiger partial charge in [-0.2, -0.15) is 0 Å². The summed E-state index contributed by atoms with van der Waals surface area (Å²) in [6.45, 7) is 6.10. The third-order valence-electron chi connectivity index (χ3n) is 6.15. The zero-order valence-corrected chi connectivity index (χ0v) is 17.4. The summed E-state index contributed by atoms with van der Waals surface area (Å²) >= 11 is 3.49. The van der Waals surface area contributed by atoms with Gasteiger partial charge in [0.2, 0.25) is 0 Å². The first-order valence-corrected chi connectivity index (χ1v) is 10.7. The van der Waals surface area contributed by atoms with Crippen molar-refractivity contribution in [1.82, 2.24) is 10.2 Å². The Balaban J connectivity index is 1.52. The third kappa shape index (κ3) is 3.80. The molecule has 1 saturated heterocycles. The Bertz CT molecular complexity index is 820. The topological polar surface area (TPSA) is 54.7 Å².